The van der Waals surface area contributed by atoms with E-state index in [0.29, 0.717) is 0 Å². The third-order valence-corrected chi connectivity index (χ3v) is 2.18. The first kappa shape index (κ1) is 9.00. The summed E-state index contributed by atoms with van der Waals surface area (Å²) in [5.41, 5.74) is 4.86. The van der Waals surface area contributed by atoms with Crippen molar-refractivity contribution in [3.8, 4) is 5.69 Å². The second kappa shape index (κ2) is 3.29. The van der Waals surface area contributed by atoms with Crippen LogP contribution in [0.15, 0.2) is 30.6 Å². The molecule has 0 bridgehead atoms. The van der Waals surface area contributed by atoms with Gasteiger partial charge in [-0.25, -0.2) is 4.68 Å². The van der Waals surface area contributed by atoms with Gasteiger partial charge in [-0.1, -0.05) is 6.07 Å². The van der Waals surface area contributed by atoms with E-state index in [9.17, 15) is 0 Å². The summed E-state index contributed by atoms with van der Waals surface area (Å²) < 4.78 is 1.91. The summed E-state index contributed by atoms with van der Waals surface area (Å²) in [6, 6.07) is 6.44. The van der Waals surface area contributed by atoms with Gasteiger partial charge in [-0.15, -0.1) is 0 Å². The molecule has 2 aromatic rings. The largest absolute Gasteiger partial charge is 0.241 e. The quantitative estimate of drug-likeness (QED) is 0.669. The standard InChI is InChI=1S/C12H14N2/c1-9-4-10(2)6-12(5-9)14-8-11(3)7-13-14/h4-8H,1-3H3. The summed E-state index contributed by atoms with van der Waals surface area (Å²) in [6.45, 7) is 6.26. The summed E-state index contributed by atoms with van der Waals surface area (Å²) in [6.07, 6.45) is 3.91. The van der Waals surface area contributed by atoms with Crippen LogP contribution in [0.25, 0.3) is 5.69 Å². The van der Waals surface area contributed by atoms with Gasteiger partial charge < -0.3 is 0 Å². The van der Waals surface area contributed by atoms with Crippen LogP contribution in [-0.4, -0.2) is 9.78 Å². The molecular formula is C12H14N2. The number of nitrogens with zero attached hydrogens (tertiary/aromatic N) is 2. The zero-order valence-electron chi connectivity index (χ0n) is 8.78. The highest BCUT2D eigenvalue weighted by molar-refractivity contribution is 5.39. The van der Waals surface area contributed by atoms with Gasteiger partial charge in [-0.2, -0.15) is 5.10 Å². The molecule has 0 spiro atoms. The van der Waals surface area contributed by atoms with Crippen molar-refractivity contribution >= 4 is 0 Å². The molecule has 2 heteroatoms. The summed E-state index contributed by atoms with van der Waals surface area (Å²) in [4.78, 5) is 0. The van der Waals surface area contributed by atoms with Crippen molar-refractivity contribution in [3.63, 3.8) is 0 Å². The Bertz CT molecular complexity index is 435. The van der Waals surface area contributed by atoms with Gasteiger partial charge in [0.2, 0.25) is 0 Å². The lowest BCUT2D eigenvalue weighted by Crippen LogP contribution is -1.95. The van der Waals surface area contributed by atoms with Gasteiger partial charge in [-0.05, 0) is 49.6 Å². The van der Waals surface area contributed by atoms with Gasteiger partial charge in [0.25, 0.3) is 0 Å². The molecule has 0 unspecified atom stereocenters. The third-order valence-electron chi connectivity index (χ3n) is 2.18. The predicted octanol–water partition coefficient (Wildman–Crippen LogP) is 2.80. The Morgan fingerprint density at radius 1 is 0.929 bits per heavy atom. The maximum Gasteiger partial charge on any atom is 0.0650 e. The number of rotatable bonds is 1. The minimum absolute atomic E-state index is 1.13. The smallest absolute Gasteiger partial charge is 0.0650 e. The fourth-order valence-corrected chi connectivity index (χ4v) is 1.64. The van der Waals surface area contributed by atoms with Gasteiger partial charge in [0.05, 0.1) is 11.9 Å². The van der Waals surface area contributed by atoms with E-state index in [4.69, 9.17) is 0 Å². The van der Waals surface area contributed by atoms with E-state index < -0.39 is 0 Å². The Balaban J connectivity index is 2.51. The highest BCUT2D eigenvalue weighted by Crippen LogP contribution is 2.13. The molecule has 0 aliphatic carbocycles. The van der Waals surface area contributed by atoms with Crippen LogP contribution in [0.3, 0.4) is 0 Å². The average molecular weight is 186 g/mol. The Morgan fingerprint density at radius 3 is 2.07 bits per heavy atom. The van der Waals surface area contributed by atoms with Gasteiger partial charge in [0.1, 0.15) is 0 Å². The molecule has 0 saturated heterocycles. The molecule has 0 N–H and O–H groups in total. The zero-order valence-corrected chi connectivity index (χ0v) is 8.78. The number of hydrogen-bond acceptors (Lipinski definition) is 1. The molecule has 14 heavy (non-hydrogen) atoms. The van der Waals surface area contributed by atoms with E-state index in [1.165, 1.54) is 16.7 Å². The van der Waals surface area contributed by atoms with Crippen LogP contribution in [0.5, 0.6) is 0 Å². The molecule has 0 aliphatic rings. The number of benzene rings is 1. The second-order valence-corrected chi connectivity index (χ2v) is 3.81. The SMILES string of the molecule is Cc1cc(C)cc(-n2cc(C)cn2)c1. The third kappa shape index (κ3) is 1.69. The normalized spacial score (nSPS) is 10.5. The van der Waals surface area contributed by atoms with Crippen LogP contribution in [0.1, 0.15) is 16.7 Å². The molecule has 2 rings (SSSR count). The molecule has 1 aromatic heterocycles. The van der Waals surface area contributed by atoms with Gasteiger partial charge in [0.15, 0.2) is 0 Å². The van der Waals surface area contributed by atoms with Crippen LogP contribution in [-0.2, 0) is 0 Å². The van der Waals surface area contributed by atoms with Crippen LogP contribution >= 0.6 is 0 Å². The van der Waals surface area contributed by atoms with E-state index in [-0.39, 0.29) is 0 Å². The van der Waals surface area contributed by atoms with E-state index in [2.05, 4.69) is 37.1 Å². The lowest BCUT2D eigenvalue weighted by molar-refractivity contribution is 0.877. The fourth-order valence-electron chi connectivity index (χ4n) is 1.64. The molecule has 0 fully saturated rings. The molecule has 0 saturated carbocycles. The number of aryl methyl sites for hydroxylation is 3. The first-order valence-electron chi connectivity index (χ1n) is 4.75. The molecule has 0 atom stereocenters. The number of aromatic nitrogens is 2. The molecule has 0 radical (unpaired) electrons. The highest BCUT2D eigenvalue weighted by atomic mass is 15.3. The van der Waals surface area contributed by atoms with Gasteiger partial charge >= 0.3 is 0 Å². The molecule has 1 heterocycles. The Kier molecular flexibility index (Phi) is 2.12. The molecule has 72 valence electrons. The van der Waals surface area contributed by atoms with E-state index in [1.54, 1.807) is 0 Å². The van der Waals surface area contributed by atoms with Crippen LogP contribution in [0.2, 0.25) is 0 Å². The van der Waals surface area contributed by atoms with Crippen molar-refractivity contribution in [1.82, 2.24) is 9.78 Å². The minimum atomic E-state index is 1.13. The Labute approximate surface area is 84.2 Å². The maximum absolute atomic E-state index is 4.28. The highest BCUT2D eigenvalue weighted by Gasteiger charge is 1.99. The molecule has 1 aromatic carbocycles. The summed E-state index contributed by atoms with van der Waals surface area (Å²) in [7, 11) is 0. The summed E-state index contributed by atoms with van der Waals surface area (Å²) >= 11 is 0. The van der Waals surface area contributed by atoms with E-state index in [0.717, 1.165) is 5.69 Å². The van der Waals surface area contributed by atoms with Crippen molar-refractivity contribution in [2.75, 3.05) is 0 Å². The Hall–Kier alpha value is -1.57. The average Bonchev–Trinajstić information content (AvgIpc) is 2.50. The second-order valence-electron chi connectivity index (χ2n) is 3.81. The number of hydrogen-bond donors (Lipinski definition) is 0. The summed E-state index contributed by atoms with van der Waals surface area (Å²) in [5.74, 6) is 0. The molecule has 0 aliphatic heterocycles. The lowest BCUT2D eigenvalue weighted by atomic mass is 10.1. The van der Waals surface area contributed by atoms with Gasteiger partial charge in [0, 0.05) is 6.20 Å². The van der Waals surface area contributed by atoms with Crippen LogP contribution < -0.4 is 0 Å². The van der Waals surface area contributed by atoms with Crippen molar-refractivity contribution in [3.05, 3.63) is 47.3 Å². The van der Waals surface area contributed by atoms with Crippen molar-refractivity contribution < 1.29 is 0 Å². The maximum atomic E-state index is 4.28. The summed E-state index contributed by atoms with van der Waals surface area (Å²) in [5, 5.41) is 4.28. The first-order chi connectivity index (χ1) is 6.65. The van der Waals surface area contributed by atoms with Crippen molar-refractivity contribution in [2.45, 2.75) is 20.8 Å². The predicted molar refractivity (Wildman–Crippen MR) is 57.8 cm³/mol. The van der Waals surface area contributed by atoms with Crippen molar-refractivity contribution in [2.24, 2.45) is 0 Å². The van der Waals surface area contributed by atoms with Crippen LogP contribution in [0.4, 0.5) is 0 Å². The first-order valence-corrected chi connectivity index (χ1v) is 4.75. The van der Waals surface area contributed by atoms with Crippen molar-refractivity contribution in [1.29, 1.82) is 0 Å². The molecule has 2 nitrogen and oxygen atoms in total. The van der Waals surface area contributed by atoms with Crippen LogP contribution in [0, 0.1) is 20.8 Å². The topological polar surface area (TPSA) is 17.8 Å². The molecular weight excluding hydrogens is 172 g/mol. The molecule has 0 amide bonds. The monoisotopic (exact) mass is 186 g/mol. The Morgan fingerprint density at radius 2 is 1.57 bits per heavy atom. The zero-order chi connectivity index (χ0) is 10.1. The lowest BCUT2D eigenvalue weighted by Gasteiger charge is -2.04. The van der Waals surface area contributed by atoms with E-state index >= 15 is 0 Å². The van der Waals surface area contributed by atoms with Gasteiger partial charge in [-0.3, -0.25) is 0 Å². The fraction of sp³-hybridized carbons (Fsp3) is 0.250. The van der Waals surface area contributed by atoms with E-state index in [1.807, 2.05) is 24.0 Å². The minimum Gasteiger partial charge on any atom is -0.241 e.